The Labute approximate surface area is 190 Å². The van der Waals surface area contributed by atoms with Gasteiger partial charge in [-0.15, -0.1) is 0 Å². The number of piperazine rings is 1. The number of benzene rings is 1. The van der Waals surface area contributed by atoms with E-state index < -0.39 is 0 Å². The largest absolute Gasteiger partial charge is 0.494 e. The van der Waals surface area contributed by atoms with Crippen LogP contribution >= 0.6 is 0 Å². The summed E-state index contributed by atoms with van der Waals surface area (Å²) in [7, 11) is 0. The lowest BCUT2D eigenvalue weighted by Crippen LogP contribution is -2.45. The molecule has 32 heavy (non-hydrogen) atoms. The number of likely N-dealkylation sites (tertiary alicyclic amines) is 1. The van der Waals surface area contributed by atoms with Crippen molar-refractivity contribution in [3.05, 3.63) is 59.9 Å². The zero-order chi connectivity index (χ0) is 22.2. The van der Waals surface area contributed by atoms with E-state index >= 15 is 0 Å². The Morgan fingerprint density at radius 3 is 2.56 bits per heavy atom. The molecule has 2 fully saturated rings. The molecule has 7 heteroatoms. The second-order valence-electron chi connectivity index (χ2n) is 8.56. The van der Waals surface area contributed by atoms with Crippen LogP contribution in [0.2, 0.25) is 0 Å². The molecule has 2 aliphatic rings. The number of carbonyl (C=O) groups excluding carboxylic acids is 2. The summed E-state index contributed by atoms with van der Waals surface area (Å²) < 4.78 is 6.00. The molecule has 4 rings (SSSR count). The Bertz CT molecular complexity index is 867. The SMILES string of the molecule is O=CN1CCN(Cc2ccc(OCCC3CCCCN3C(=O)c3ccccn3)cc2)CC1. The van der Waals surface area contributed by atoms with Crippen molar-refractivity contribution >= 4 is 12.3 Å². The van der Waals surface area contributed by atoms with Crippen molar-refractivity contribution in [2.75, 3.05) is 39.3 Å². The molecule has 2 aliphatic heterocycles. The molecule has 0 bridgehead atoms. The molecule has 1 unspecified atom stereocenters. The van der Waals surface area contributed by atoms with Gasteiger partial charge in [0.1, 0.15) is 11.4 Å². The lowest BCUT2D eigenvalue weighted by Gasteiger charge is -2.35. The monoisotopic (exact) mass is 436 g/mol. The summed E-state index contributed by atoms with van der Waals surface area (Å²) in [6, 6.07) is 13.9. The van der Waals surface area contributed by atoms with Gasteiger partial charge in [-0.1, -0.05) is 18.2 Å². The lowest BCUT2D eigenvalue weighted by atomic mass is 9.99. The molecule has 1 aromatic heterocycles. The van der Waals surface area contributed by atoms with Gasteiger partial charge >= 0.3 is 0 Å². The van der Waals surface area contributed by atoms with Gasteiger partial charge in [-0.3, -0.25) is 19.5 Å². The summed E-state index contributed by atoms with van der Waals surface area (Å²) in [5.74, 6) is 0.881. The van der Waals surface area contributed by atoms with Crippen molar-refractivity contribution in [2.24, 2.45) is 0 Å². The van der Waals surface area contributed by atoms with Gasteiger partial charge in [0.15, 0.2) is 0 Å². The topological polar surface area (TPSA) is 66.0 Å². The van der Waals surface area contributed by atoms with Gasteiger partial charge < -0.3 is 14.5 Å². The maximum absolute atomic E-state index is 12.9. The Hall–Kier alpha value is -2.93. The van der Waals surface area contributed by atoms with Crippen LogP contribution < -0.4 is 4.74 Å². The average Bonchev–Trinajstić information content (AvgIpc) is 2.86. The molecule has 2 amide bonds. The maximum Gasteiger partial charge on any atom is 0.272 e. The molecule has 1 atom stereocenters. The number of hydrogen-bond acceptors (Lipinski definition) is 5. The Morgan fingerprint density at radius 1 is 1.03 bits per heavy atom. The van der Waals surface area contributed by atoms with E-state index in [9.17, 15) is 9.59 Å². The number of piperidine rings is 1. The predicted octanol–water partition coefficient (Wildman–Crippen LogP) is 2.82. The van der Waals surface area contributed by atoms with E-state index in [2.05, 4.69) is 22.0 Å². The summed E-state index contributed by atoms with van der Waals surface area (Å²) in [4.78, 5) is 34.1. The summed E-state index contributed by atoms with van der Waals surface area (Å²) in [6.45, 7) is 5.68. The van der Waals surface area contributed by atoms with E-state index in [1.165, 1.54) is 5.56 Å². The molecule has 1 aromatic carbocycles. The lowest BCUT2D eigenvalue weighted by molar-refractivity contribution is -0.119. The molecule has 0 N–H and O–H groups in total. The zero-order valence-corrected chi connectivity index (χ0v) is 18.6. The number of pyridine rings is 1. The first-order valence-electron chi connectivity index (χ1n) is 11.6. The molecule has 3 heterocycles. The maximum atomic E-state index is 12.9. The minimum atomic E-state index is 0.0219. The molecular formula is C25H32N4O3. The van der Waals surface area contributed by atoms with Crippen LogP contribution in [0.5, 0.6) is 5.75 Å². The van der Waals surface area contributed by atoms with Gasteiger partial charge in [0.05, 0.1) is 6.61 Å². The van der Waals surface area contributed by atoms with Crippen molar-refractivity contribution in [3.8, 4) is 5.75 Å². The molecule has 0 saturated carbocycles. The third kappa shape index (κ3) is 5.85. The second-order valence-corrected chi connectivity index (χ2v) is 8.56. The first-order valence-corrected chi connectivity index (χ1v) is 11.6. The van der Waals surface area contributed by atoms with E-state index in [-0.39, 0.29) is 11.9 Å². The minimum absolute atomic E-state index is 0.0219. The fourth-order valence-electron chi connectivity index (χ4n) is 4.49. The average molecular weight is 437 g/mol. The number of ether oxygens (including phenoxy) is 1. The van der Waals surface area contributed by atoms with Gasteiger partial charge in [0, 0.05) is 57.9 Å². The summed E-state index contributed by atoms with van der Waals surface area (Å²) in [5.41, 5.74) is 1.76. The Morgan fingerprint density at radius 2 is 1.84 bits per heavy atom. The molecule has 7 nitrogen and oxygen atoms in total. The third-order valence-corrected chi connectivity index (χ3v) is 6.38. The highest BCUT2D eigenvalue weighted by Crippen LogP contribution is 2.22. The van der Waals surface area contributed by atoms with Crippen molar-refractivity contribution in [2.45, 2.75) is 38.3 Å². The standard InChI is InChI=1S/C25H32N4O3/c30-20-28-16-14-27(15-17-28)19-21-7-9-23(10-8-21)32-18-11-22-5-2-4-13-29(22)25(31)24-6-1-3-12-26-24/h1,3,6-10,12,20,22H,2,4-5,11,13-19H2. The first kappa shape index (κ1) is 22.3. The third-order valence-electron chi connectivity index (χ3n) is 6.38. The van der Waals surface area contributed by atoms with Crippen molar-refractivity contribution < 1.29 is 14.3 Å². The number of rotatable bonds is 8. The van der Waals surface area contributed by atoms with Crippen LogP contribution in [0.1, 0.15) is 41.7 Å². The number of nitrogens with zero attached hydrogens (tertiary/aromatic N) is 4. The number of amides is 2. The van der Waals surface area contributed by atoms with Crippen LogP contribution in [-0.2, 0) is 11.3 Å². The molecule has 0 spiro atoms. The first-order chi connectivity index (χ1) is 15.7. The normalized spacial score (nSPS) is 19.6. The van der Waals surface area contributed by atoms with Crippen LogP contribution in [0.3, 0.4) is 0 Å². The van der Waals surface area contributed by atoms with Crippen LogP contribution in [-0.4, -0.2) is 77.4 Å². The highest BCUT2D eigenvalue weighted by molar-refractivity contribution is 5.92. The number of carbonyl (C=O) groups is 2. The van der Waals surface area contributed by atoms with Crippen LogP contribution in [0.15, 0.2) is 48.7 Å². The Balaban J connectivity index is 1.24. The number of aromatic nitrogens is 1. The van der Waals surface area contributed by atoms with Crippen LogP contribution in [0.25, 0.3) is 0 Å². The highest BCUT2D eigenvalue weighted by atomic mass is 16.5. The molecule has 2 saturated heterocycles. The molecule has 2 aromatic rings. The second kappa shape index (κ2) is 11.1. The molecule has 0 aliphatic carbocycles. The van der Waals surface area contributed by atoms with Gasteiger partial charge in [-0.05, 0) is 49.1 Å². The van der Waals surface area contributed by atoms with Crippen molar-refractivity contribution in [1.29, 1.82) is 0 Å². The van der Waals surface area contributed by atoms with Crippen LogP contribution in [0.4, 0.5) is 0 Å². The quantitative estimate of drug-likeness (QED) is 0.596. The van der Waals surface area contributed by atoms with Gasteiger partial charge in [0.2, 0.25) is 6.41 Å². The van der Waals surface area contributed by atoms with Crippen molar-refractivity contribution in [1.82, 2.24) is 19.7 Å². The molecule has 170 valence electrons. The summed E-state index contributed by atoms with van der Waals surface area (Å²) in [6.07, 6.45) is 6.63. The van der Waals surface area contributed by atoms with E-state index in [1.54, 1.807) is 12.3 Å². The van der Waals surface area contributed by atoms with E-state index in [1.807, 2.05) is 34.1 Å². The summed E-state index contributed by atoms with van der Waals surface area (Å²) >= 11 is 0. The highest BCUT2D eigenvalue weighted by Gasteiger charge is 2.28. The van der Waals surface area contributed by atoms with E-state index in [4.69, 9.17) is 4.74 Å². The number of hydrogen-bond donors (Lipinski definition) is 0. The van der Waals surface area contributed by atoms with Crippen LogP contribution in [0, 0.1) is 0 Å². The van der Waals surface area contributed by atoms with Crippen molar-refractivity contribution in [3.63, 3.8) is 0 Å². The van der Waals surface area contributed by atoms with E-state index in [0.29, 0.717) is 12.3 Å². The fraction of sp³-hybridized carbons (Fsp3) is 0.480. The minimum Gasteiger partial charge on any atom is -0.494 e. The van der Waals surface area contributed by atoms with Gasteiger partial charge in [-0.25, -0.2) is 0 Å². The van der Waals surface area contributed by atoms with Gasteiger partial charge in [-0.2, -0.15) is 0 Å². The predicted molar refractivity (Wildman–Crippen MR) is 122 cm³/mol. The zero-order valence-electron chi connectivity index (χ0n) is 18.6. The smallest absolute Gasteiger partial charge is 0.272 e. The fourth-order valence-corrected chi connectivity index (χ4v) is 4.49. The van der Waals surface area contributed by atoms with Gasteiger partial charge in [0.25, 0.3) is 5.91 Å². The summed E-state index contributed by atoms with van der Waals surface area (Å²) in [5, 5.41) is 0. The van der Waals surface area contributed by atoms with E-state index in [0.717, 1.165) is 77.1 Å². The molecule has 0 radical (unpaired) electrons. The molecular weight excluding hydrogens is 404 g/mol. The Kier molecular flexibility index (Phi) is 7.72.